The molecule has 0 saturated heterocycles. The zero-order valence-electron chi connectivity index (χ0n) is 16.6. The maximum atomic E-state index is 9.89. The third kappa shape index (κ3) is 5.91. The fraction of sp³-hybridized carbons (Fsp3) is 0.389. The van der Waals surface area contributed by atoms with E-state index in [2.05, 4.69) is 27.2 Å². The largest absolute Gasteiger partial charge is 0.662 e. The molecule has 0 saturated carbocycles. The molecule has 0 amide bonds. The second-order valence-electron chi connectivity index (χ2n) is 5.89. The number of fused-ring (bicyclic) bond motifs is 1. The molecule has 3 aromatic rings. The average molecular weight is 577 g/mol. The molecule has 0 aromatic carbocycles. The van der Waals surface area contributed by atoms with E-state index >= 15 is 0 Å². The predicted molar refractivity (Wildman–Crippen MR) is 104 cm³/mol. The van der Waals surface area contributed by atoms with Crippen molar-refractivity contribution in [3.05, 3.63) is 35.0 Å². The van der Waals surface area contributed by atoms with E-state index in [1.165, 1.54) is 0 Å². The average Bonchev–Trinajstić information content (AvgIpc) is 3.15. The molecule has 0 aliphatic rings. The van der Waals surface area contributed by atoms with E-state index in [4.69, 9.17) is 14.8 Å². The third-order valence-corrected chi connectivity index (χ3v) is 3.93. The maximum Gasteiger partial charge on any atom is 0.342 e. The number of nitrogens with one attached hydrogen (secondary N) is 1. The van der Waals surface area contributed by atoms with Crippen molar-refractivity contribution < 1.29 is 39.7 Å². The number of aromatic amines is 1. The molecule has 3 aromatic heterocycles. The Morgan fingerprint density at radius 2 is 2.03 bits per heavy atom. The van der Waals surface area contributed by atoms with Crippen molar-refractivity contribution in [2.45, 2.75) is 20.5 Å². The van der Waals surface area contributed by atoms with Gasteiger partial charge in [-0.15, -0.1) is 6.54 Å². The third-order valence-electron chi connectivity index (χ3n) is 3.93. The van der Waals surface area contributed by atoms with Gasteiger partial charge in [-0.05, 0) is 26.0 Å². The number of alkyl halides is 2. The van der Waals surface area contributed by atoms with E-state index < -0.39 is 6.61 Å². The van der Waals surface area contributed by atoms with Crippen molar-refractivity contribution in [3.8, 4) is 17.1 Å². The number of aromatic nitrogens is 5. The van der Waals surface area contributed by atoms with Gasteiger partial charge in [0.25, 0.3) is 0 Å². The van der Waals surface area contributed by atoms with Crippen LogP contribution in [0.4, 0.5) is 8.78 Å². The molecule has 0 radical (unpaired) electrons. The summed E-state index contributed by atoms with van der Waals surface area (Å²) in [5.74, 6) is 0.700. The summed E-state index contributed by atoms with van der Waals surface area (Å²) < 4.78 is 27.4. The molecule has 0 fully saturated rings. The Bertz CT molecular complexity index is 955. The zero-order chi connectivity index (χ0) is 20.8. The Balaban J connectivity index is 0.000000771. The van der Waals surface area contributed by atoms with Crippen LogP contribution in [0.2, 0.25) is 0 Å². The molecule has 3 rings (SSSR count). The number of hydrogen-bond donors (Lipinski definition) is 2. The minimum absolute atomic E-state index is 0. The van der Waals surface area contributed by atoms with E-state index in [1.54, 1.807) is 17.8 Å². The molecule has 3 heterocycles. The second-order valence-corrected chi connectivity index (χ2v) is 5.89. The molecule has 0 atom stereocenters. The fourth-order valence-corrected chi connectivity index (χ4v) is 2.80. The summed E-state index contributed by atoms with van der Waals surface area (Å²) >= 11 is 0. The molecule has 0 spiro atoms. The number of pyridine rings is 1. The Hall–Kier alpha value is -2.16. The van der Waals surface area contributed by atoms with Crippen LogP contribution in [-0.2, 0) is 28.1 Å². The van der Waals surface area contributed by atoms with Crippen LogP contribution < -0.4 is 4.74 Å². The topological polar surface area (TPSA) is 103 Å². The van der Waals surface area contributed by atoms with Gasteiger partial charge in [0.2, 0.25) is 5.88 Å². The summed E-state index contributed by atoms with van der Waals surface area (Å²) in [4.78, 5) is 4.71. The fourth-order valence-electron chi connectivity index (χ4n) is 2.80. The number of aryl methyl sites for hydroxylation is 3. The first-order valence-corrected chi connectivity index (χ1v) is 8.46. The zero-order valence-corrected chi connectivity index (χ0v) is 19.5. The van der Waals surface area contributed by atoms with Gasteiger partial charge in [-0.25, -0.2) is 4.68 Å². The van der Waals surface area contributed by atoms with Crippen molar-refractivity contribution in [2.75, 3.05) is 20.2 Å². The first-order valence-electron chi connectivity index (χ1n) is 8.46. The van der Waals surface area contributed by atoms with E-state index in [0.29, 0.717) is 19.0 Å². The van der Waals surface area contributed by atoms with Crippen molar-refractivity contribution in [1.82, 2.24) is 25.0 Å². The first kappa shape index (κ1) is 24.9. The normalized spacial score (nSPS) is 10.5. The van der Waals surface area contributed by atoms with Gasteiger partial charge in [0.15, 0.2) is 0 Å². The second kappa shape index (κ2) is 11.1. The van der Waals surface area contributed by atoms with E-state index in [0.717, 1.165) is 39.2 Å². The molecular formula is C18H23F2N6O2W-. The monoisotopic (exact) mass is 577 g/mol. The minimum atomic E-state index is -3.17. The number of ether oxygens (including phenoxy) is 1. The minimum Gasteiger partial charge on any atom is -0.662 e. The van der Waals surface area contributed by atoms with Crippen molar-refractivity contribution in [2.24, 2.45) is 7.05 Å². The number of halogens is 2. The number of hydrogen-bond acceptors (Lipinski definition) is 5. The van der Waals surface area contributed by atoms with Gasteiger partial charge < -0.3 is 15.2 Å². The number of aliphatic hydroxyl groups is 1. The summed E-state index contributed by atoms with van der Waals surface area (Å²) in [6.07, 6.45) is 1.76. The van der Waals surface area contributed by atoms with Crippen LogP contribution in [0.25, 0.3) is 33.6 Å². The number of rotatable bonds is 6. The molecule has 0 bridgehead atoms. The van der Waals surface area contributed by atoms with Gasteiger partial charge in [0.05, 0.1) is 34.9 Å². The van der Waals surface area contributed by atoms with E-state index in [-0.39, 0.29) is 21.1 Å². The van der Waals surface area contributed by atoms with Crippen LogP contribution in [0.5, 0.6) is 5.88 Å². The van der Waals surface area contributed by atoms with Crippen molar-refractivity contribution in [3.63, 3.8) is 0 Å². The van der Waals surface area contributed by atoms with Crippen LogP contribution in [0.15, 0.2) is 12.6 Å². The summed E-state index contributed by atoms with van der Waals surface area (Å²) in [7, 11) is 3.64. The summed E-state index contributed by atoms with van der Waals surface area (Å²) in [5, 5.41) is 23.6. The van der Waals surface area contributed by atoms with Crippen LogP contribution >= 0.6 is 0 Å². The molecule has 11 heteroatoms. The first-order chi connectivity index (χ1) is 13.3. The van der Waals surface area contributed by atoms with E-state index in [1.807, 2.05) is 27.0 Å². The predicted octanol–water partition coefficient (Wildman–Crippen LogP) is 3.20. The smallest absolute Gasteiger partial charge is 0.342 e. The molecule has 8 nitrogen and oxygen atoms in total. The number of nitrogens with zero attached hydrogens (tertiary/aromatic N) is 5. The molecule has 0 aliphatic heterocycles. The van der Waals surface area contributed by atoms with Gasteiger partial charge in [0.1, 0.15) is 5.52 Å². The number of aliphatic hydroxyl groups excluding tert-OH is 1. The summed E-state index contributed by atoms with van der Waals surface area (Å²) in [6, 6.07) is 2.00. The molecule has 158 valence electrons. The number of likely N-dealkylation sites (N-methyl/N-ethyl adjacent to an activating group) is 1. The molecule has 2 N–H and O–H groups in total. The quantitative estimate of drug-likeness (QED) is 0.439. The van der Waals surface area contributed by atoms with Crippen LogP contribution in [0, 0.1) is 13.8 Å². The van der Waals surface area contributed by atoms with Gasteiger partial charge >= 0.3 is 6.61 Å². The van der Waals surface area contributed by atoms with E-state index in [9.17, 15) is 8.78 Å². The Morgan fingerprint density at radius 1 is 1.38 bits per heavy atom. The van der Waals surface area contributed by atoms with Gasteiger partial charge in [-0.1, -0.05) is 6.58 Å². The standard InChI is InChI=1S/C17H21N6O.CH2F2O.W/c1-6-13-12-9-14(19-11(3)16(12)21-20-13)15-10(2)22-23(5)17(15)24-8-7-18-4;2-1(3)4;/h6,9H,1,7-8H2,2-5H3,(H,20,21);1,4H;/q-1;;. The SMILES string of the molecule is C=Cc1[nH]nc2c(C)nc(-c3c(C)nn(C)c3OCC[N-]C)cc12.OC(F)F.[W]. The van der Waals surface area contributed by atoms with Crippen LogP contribution in [0.3, 0.4) is 0 Å². The van der Waals surface area contributed by atoms with Crippen molar-refractivity contribution in [1.29, 1.82) is 0 Å². The molecular weight excluding hydrogens is 554 g/mol. The Morgan fingerprint density at radius 3 is 2.62 bits per heavy atom. The van der Waals surface area contributed by atoms with Gasteiger partial charge in [-0.3, -0.25) is 10.1 Å². The Labute approximate surface area is 181 Å². The van der Waals surface area contributed by atoms with Crippen molar-refractivity contribution >= 4 is 17.0 Å². The Kier molecular flexibility index (Phi) is 9.55. The van der Waals surface area contributed by atoms with Gasteiger partial charge in [0, 0.05) is 33.5 Å². The molecule has 0 aliphatic carbocycles. The van der Waals surface area contributed by atoms with Gasteiger partial charge in [-0.2, -0.15) is 26.0 Å². The van der Waals surface area contributed by atoms with Crippen LogP contribution in [-0.4, -0.2) is 56.9 Å². The summed E-state index contributed by atoms with van der Waals surface area (Å²) in [5.41, 5.74) is 5.17. The molecule has 29 heavy (non-hydrogen) atoms. The molecule has 0 unspecified atom stereocenters. The maximum absolute atomic E-state index is 9.89. The number of H-pyrrole nitrogens is 1. The van der Waals surface area contributed by atoms with Crippen LogP contribution in [0.1, 0.15) is 17.1 Å². The summed E-state index contributed by atoms with van der Waals surface area (Å²) in [6.45, 7) is 5.71.